The van der Waals surface area contributed by atoms with Crippen LogP contribution in [0.25, 0.3) is 0 Å². The molecule has 2 heteroatoms. The van der Waals surface area contributed by atoms with Crippen molar-refractivity contribution in [3.05, 3.63) is 24.3 Å². The highest BCUT2D eigenvalue weighted by Crippen LogP contribution is 2.56. The van der Waals surface area contributed by atoms with Crippen molar-refractivity contribution in [1.29, 1.82) is 0 Å². The molecule has 52 valence electrons. The summed E-state index contributed by atoms with van der Waals surface area (Å²) in [5, 5.41) is 8.75. The Morgan fingerprint density at radius 2 is 2.40 bits per heavy atom. The van der Waals surface area contributed by atoms with Crippen molar-refractivity contribution in [3.63, 3.8) is 0 Å². The van der Waals surface area contributed by atoms with Crippen LogP contribution in [-0.4, -0.2) is 11.1 Å². The quantitative estimate of drug-likeness (QED) is 0.588. The Balaban J connectivity index is 2.31. The van der Waals surface area contributed by atoms with Gasteiger partial charge in [-0.15, -0.1) is 0 Å². The molecule has 0 aliphatic heterocycles. The lowest BCUT2D eigenvalue weighted by atomic mass is 10.0. The molecular weight excluding hydrogens is 128 g/mol. The number of carboxylic acids is 1. The zero-order valence-corrected chi connectivity index (χ0v) is 5.45. The maximum absolute atomic E-state index is 10.6. The van der Waals surface area contributed by atoms with Crippen LogP contribution in [0, 0.1) is 11.3 Å². The van der Waals surface area contributed by atoms with Crippen molar-refractivity contribution < 1.29 is 9.90 Å². The predicted molar refractivity (Wildman–Crippen MR) is 36.5 cm³/mol. The van der Waals surface area contributed by atoms with Crippen molar-refractivity contribution in [2.75, 3.05) is 0 Å². The first-order chi connectivity index (χ1) is 4.76. The molecule has 0 spiro atoms. The summed E-state index contributed by atoms with van der Waals surface area (Å²) in [6, 6.07) is 0. The molecule has 1 fully saturated rings. The molecule has 0 bridgehead atoms. The first kappa shape index (κ1) is 5.71. The van der Waals surface area contributed by atoms with Gasteiger partial charge in [-0.2, -0.15) is 0 Å². The van der Waals surface area contributed by atoms with E-state index in [4.69, 9.17) is 5.11 Å². The average molecular weight is 136 g/mol. The number of rotatable bonds is 1. The van der Waals surface area contributed by atoms with E-state index in [2.05, 4.69) is 0 Å². The van der Waals surface area contributed by atoms with Crippen molar-refractivity contribution in [2.24, 2.45) is 11.3 Å². The van der Waals surface area contributed by atoms with Gasteiger partial charge in [0.15, 0.2) is 0 Å². The molecule has 2 atom stereocenters. The van der Waals surface area contributed by atoms with E-state index < -0.39 is 11.4 Å². The maximum atomic E-state index is 10.6. The average Bonchev–Trinajstić information content (AvgIpc) is 2.61. The molecule has 0 saturated heterocycles. The topological polar surface area (TPSA) is 37.3 Å². The van der Waals surface area contributed by atoms with Crippen molar-refractivity contribution in [2.45, 2.75) is 6.42 Å². The van der Waals surface area contributed by atoms with Crippen LogP contribution in [0.2, 0.25) is 0 Å². The molecule has 10 heavy (non-hydrogen) atoms. The molecule has 0 aromatic rings. The maximum Gasteiger partial charge on any atom is 0.314 e. The van der Waals surface area contributed by atoms with Crippen LogP contribution < -0.4 is 0 Å². The van der Waals surface area contributed by atoms with Crippen LogP contribution in [0.3, 0.4) is 0 Å². The van der Waals surface area contributed by atoms with Crippen molar-refractivity contribution in [1.82, 2.24) is 0 Å². The summed E-state index contributed by atoms with van der Waals surface area (Å²) >= 11 is 0. The fourth-order valence-corrected chi connectivity index (χ4v) is 1.48. The second-order valence-electron chi connectivity index (χ2n) is 2.90. The first-order valence-electron chi connectivity index (χ1n) is 3.35. The molecule has 2 rings (SSSR count). The summed E-state index contributed by atoms with van der Waals surface area (Å²) in [5.41, 5.74) is -0.505. The van der Waals surface area contributed by atoms with Crippen LogP contribution in [0.15, 0.2) is 24.3 Å². The lowest BCUT2D eigenvalue weighted by molar-refractivity contribution is -0.141. The molecule has 0 heterocycles. The van der Waals surface area contributed by atoms with Gasteiger partial charge in [-0.05, 0) is 12.3 Å². The Morgan fingerprint density at radius 1 is 1.60 bits per heavy atom. The number of carboxylic acid groups (broad SMARTS) is 1. The Morgan fingerprint density at radius 3 is 2.90 bits per heavy atom. The molecule has 1 saturated carbocycles. The van der Waals surface area contributed by atoms with Crippen LogP contribution in [0.1, 0.15) is 6.42 Å². The summed E-state index contributed by atoms with van der Waals surface area (Å²) in [6.45, 7) is 0. The summed E-state index contributed by atoms with van der Waals surface area (Å²) in [4.78, 5) is 10.6. The van der Waals surface area contributed by atoms with E-state index in [1.165, 1.54) is 0 Å². The molecule has 0 aromatic carbocycles. The monoisotopic (exact) mass is 136 g/mol. The van der Waals surface area contributed by atoms with Gasteiger partial charge >= 0.3 is 5.97 Å². The minimum absolute atomic E-state index is 0.273. The minimum atomic E-state index is -0.682. The Bertz CT molecular complexity index is 240. The Kier molecular flexibility index (Phi) is 0.862. The van der Waals surface area contributed by atoms with Gasteiger partial charge in [0.25, 0.3) is 0 Å². The predicted octanol–water partition coefficient (Wildman–Crippen LogP) is 1.20. The van der Waals surface area contributed by atoms with Gasteiger partial charge in [-0.25, -0.2) is 0 Å². The van der Waals surface area contributed by atoms with Gasteiger partial charge in [-0.1, -0.05) is 24.3 Å². The lowest BCUT2D eigenvalue weighted by Gasteiger charge is -2.05. The van der Waals surface area contributed by atoms with E-state index in [1.54, 1.807) is 6.08 Å². The third-order valence-electron chi connectivity index (χ3n) is 2.31. The van der Waals surface area contributed by atoms with Crippen LogP contribution in [0.5, 0.6) is 0 Å². The number of aliphatic carboxylic acids is 1. The molecule has 2 aliphatic carbocycles. The third kappa shape index (κ3) is 0.511. The second kappa shape index (κ2) is 1.51. The second-order valence-corrected chi connectivity index (χ2v) is 2.90. The highest BCUT2D eigenvalue weighted by molar-refractivity contribution is 5.82. The van der Waals surface area contributed by atoms with E-state index in [0.717, 1.165) is 6.42 Å². The number of carbonyl (C=O) groups is 1. The van der Waals surface area contributed by atoms with Crippen molar-refractivity contribution >= 4 is 5.97 Å². The molecule has 2 unspecified atom stereocenters. The Hall–Kier alpha value is -1.05. The van der Waals surface area contributed by atoms with E-state index >= 15 is 0 Å². The van der Waals surface area contributed by atoms with E-state index in [9.17, 15) is 4.79 Å². The molecule has 0 aromatic heterocycles. The lowest BCUT2D eigenvalue weighted by Crippen LogP contribution is -2.14. The number of allylic oxidation sites excluding steroid dienone is 3. The van der Waals surface area contributed by atoms with Crippen LogP contribution in [0.4, 0.5) is 0 Å². The number of hydrogen-bond acceptors (Lipinski definition) is 1. The largest absolute Gasteiger partial charge is 0.481 e. The van der Waals surface area contributed by atoms with Gasteiger partial charge < -0.3 is 5.11 Å². The van der Waals surface area contributed by atoms with Gasteiger partial charge in [0.1, 0.15) is 0 Å². The molecule has 0 radical (unpaired) electrons. The normalized spacial score (nSPS) is 41.0. The van der Waals surface area contributed by atoms with Crippen LogP contribution in [-0.2, 0) is 4.79 Å². The van der Waals surface area contributed by atoms with E-state index in [-0.39, 0.29) is 5.92 Å². The molecule has 1 N–H and O–H groups in total. The molecular formula is C8H8O2. The minimum Gasteiger partial charge on any atom is -0.481 e. The molecule has 0 amide bonds. The summed E-state index contributed by atoms with van der Waals surface area (Å²) < 4.78 is 0. The van der Waals surface area contributed by atoms with E-state index in [1.807, 2.05) is 18.2 Å². The summed E-state index contributed by atoms with van der Waals surface area (Å²) in [7, 11) is 0. The Labute approximate surface area is 58.9 Å². The zero-order valence-electron chi connectivity index (χ0n) is 5.45. The number of fused-ring (bicyclic) bond motifs is 1. The third-order valence-corrected chi connectivity index (χ3v) is 2.31. The SMILES string of the molecule is O=C(O)C12C=CC=CC1C2. The number of hydrogen-bond donors (Lipinski definition) is 1. The highest BCUT2D eigenvalue weighted by Gasteiger charge is 2.57. The van der Waals surface area contributed by atoms with Gasteiger partial charge in [-0.3, -0.25) is 4.79 Å². The van der Waals surface area contributed by atoms with Gasteiger partial charge in [0, 0.05) is 0 Å². The van der Waals surface area contributed by atoms with Gasteiger partial charge in [0.05, 0.1) is 5.41 Å². The standard InChI is InChI=1S/C8H8O2/c9-7(10)8-4-2-1-3-6(8)5-8/h1-4,6H,5H2,(H,9,10). The van der Waals surface area contributed by atoms with Gasteiger partial charge in [0.2, 0.25) is 0 Å². The first-order valence-corrected chi connectivity index (χ1v) is 3.35. The van der Waals surface area contributed by atoms with Crippen molar-refractivity contribution in [3.8, 4) is 0 Å². The molecule has 2 nitrogen and oxygen atoms in total. The summed E-state index contributed by atoms with van der Waals surface area (Å²) in [6.07, 6.45) is 8.28. The zero-order chi connectivity index (χ0) is 7.19. The fraction of sp³-hybridized carbons (Fsp3) is 0.375. The molecule has 2 aliphatic rings. The smallest absolute Gasteiger partial charge is 0.314 e. The van der Waals surface area contributed by atoms with E-state index in [0.29, 0.717) is 0 Å². The summed E-state index contributed by atoms with van der Waals surface area (Å²) in [5.74, 6) is -0.409. The highest BCUT2D eigenvalue weighted by atomic mass is 16.4. The van der Waals surface area contributed by atoms with Crippen LogP contribution >= 0.6 is 0 Å². The fourth-order valence-electron chi connectivity index (χ4n) is 1.48.